The first kappa shape index (κ1) is 9.88. The Bertz CT molecular complexity index is 301. The van der Waals surface area contributed by atoms with Crippen LogP contribution in [0.2, 0.25) is 0 Å². The molecule has 1 nitrogen and oxygen atoms in total. The van der Waals surface area contributed by atoms with Crippen LogP contribution in [0.4, 0.5) is 0 Å². The average molecular weight is 176 g/mol. The topological polar surface area (TPSA) is 20.2 Å². The third-order valence-corrected chi connectivity index (χ3v) is 2.58. The summed E-state index contributed by atoms with van der Waals surface area (Å²) in [4.78, 5) is 0. The van der Waals surface area contributed by atoms with Gasteiger partial charge in [-0.25, -0.2) is 0 Å². The first-order chi connectivity index (χ1) is 6.04. The van der Waals surface area contributed by atoms with Gasteiger partial charge in [0.05, 0.1) is 0 Å². The minimum absolute atomic E-state index is 0.0703. The summed E-state index contributed by atoms with van der Waals surface area (Å²) in [5.74, 6) is 0.752. The van der Waals surface area contributed by atoms with E-state index in [-0.39, 0.29) is 11.2 Å². The minimum atomic E-state index is -0.0703. The molecule has 1 atom stereocenters. The van der Waals surface area contributed by atoms with Crippen molar-refractivity contribution in [2.45, 2.75) is 20.8 Å². The lowest BCUT2D eigenvalue weighted by atomic mass is 9.78. The Labute approximate surface area is 79.8 Å². The van der Waals surface area contributed by atoms with E-state index < -0.39 is 0 Å². The molecule has 13 heavy (non-hydrogen) atoms. The van der Waals surface area contributed by atoms with Crippen LogP contribution in [0.25, 0.3) is 0 Å². The van der Waals surface area contributed by atoms with E-state index in [0.717, 1.165) is 0 Å². The molecule has 1 heteroatoms. The molecule has 0 aliphatic heterocycles. The quantitative estimate of drug-likeness (QED) is 0.607. The van der Waals surface area contributed by atoms with Crippen LogP contribution >= 0.6 is 0 Å². The predicted octanol–water partition coefficient (Wildman–Crippen LogP) is 3.37. The van der Waals surface area contributed by atoms with Gasteiger partial charge in [-0.2, -0.15) is 0 Å². The van der Waals surface area contributed by atoms with Crippen LogP contribution in [0.1, 0.15) is 20.8 Å². The van der Waals surface area contributed by atoms with Gasteiger partial charge in [-0.3, -0.25) is 0 Å². The van der Waals surface area contributed by atoms with Gasteiger partial charge in [-0.1, -0.05) is 32.9 Å². The third-order valence-electron chi connectivity index (χ3n) is 2.58. The Morgan fingerprint density at radius 3 is 2.77 bits per heavy atom. The van der Waals surface area contributed by atoms with E-state index in [0.29, 0.717) is 5.92 Å². The van der Waals surface area contributed by atoms with Crippen molar-refractivity contribution in [1.82, 2.24) is 0 Å². The monoisotopic (exact) mass is 176 g/mol. The van der Waals surface area contributed by atoms with Crippen LogP contribution < -0.4 is 0 Å². The third kappa shape index (κ3) is 2.37. The normalized spacial score (nSPS) is 33.7. The smallest absolute Gasteiger partial charge is 0.120 e. The molecule has 0 aromatic heterocycles. The summed E-state index contributed by atoms with van der Waals surface area (Å²) in [5.41, 5.74) is 2.79. The molecule has 0 bridgehead atoms. The van der Waals surface area contributed by atoms with Gasteiger partial charge < -0.3 is 5.11 Å². The van der Waals surface area contributed by atoms with Gasteiger partial charge in [0.2, 0.25) is 0 Å². The van der Waals surface area contributed by atoms with Crippen molar-refractivity contribution < 1.29 is 5.11 Å². The van der Waals surface area contributed by atoms with E-state index in [9.17, 15) is 5.11 Å². The molecular formula is C12H16O. The van der Waals surface area contributed by atoms with Crippen LogP contribution in [0.15, 0.2) is 41.9 Å². The lowest BCUT2D eigenvalue weighted by Gasteiger charge is -2.27. The lowest BCUT2D eigenvalue weighted by molar-refractivity contribution is 0.354. The highest BCUT2D eigenvalue weighted by molar-refractivity contribution is 5.24. The number of hydrogen-bond acceptors (Lipinski definition) is 1. The van der Waals surface area contributed by atoms with Crippen molar-refractivity contribution >= 4 is 0 Å². The van der Waals surface area contributed by atoms with Crippen molar-refractivity contribution in [2.75, 3.05) is 0 Å². The number of allylic oxidation sites excluding steroid dienone is 4. The summed E-state index contributed by atoms with van der Waals surface area (Å²) in [7, 11) is 0. The molecule has 0 saturated heterocycles. The molecule has 0 amide bonds. The standard InChI is InChI=1S/C12H16O/c1-10(2)12(3)8-6-4-5-7-11(13)9-12/h4,6-10,13H,1-3H3/b8-6-,11-9+. The molecule has 1 N–H and O–H groups in total. The first-order valence-corrected chi connectivity index (χ1v) is 4.57. The maximum atomic E-state index is 9.49. The zero-order valence-corrected chi connectivity index (χ0v) is 8.41. The molecule has 70 valence electrons. The summed E-state index contributed by atoms with van der Waals surface area (Å²) in [6.07, 6.45) is 9.33. The van der Waals surface area contributed by atoms with E-state index in [1.165, 1.54) is 0 Å². The van der Waals surface area contributed by atoms with Gasteiger partial charge in [-0.15, -0.1) is 5.73 Å². The van der Waals surface area contributed by atoms with E-state index >= 15 is 0 Å². The second-order valence-corrected chi connectivity index (χ2v) is 3.93. The summed E-state index contributed by atoms with van der Waals surface area (Å²) < 4.78 is 0. The van der Waals surface area contributed by atoms with E-state index in [4.69, 9.17) is 0 Å². The van der Waals surface area contributed by atoms with Crippen molar-refractivity contribution in [2.24, 2.45) is 11.3 Å². The molecule has 1 aliphatic carbocycles. The predicted molar refractivity (Wildman–Crippen MR) is 55.4 cm³/mol. The summed E-state index contributed by atoms with van der Waals surface area (Å²) >= 11 is 0. The molecule has 1 unspecified atom stereocenters. The SMILES string of the molecule is CC(C)C1(C)/C=C\C=C=C/C(O)=C\1. The van der Waals surface area contributed by atoms with E-state index in [1.54, 1.807) is 6.08 Å². The Balaban J connectivity index is 3.08. The maximum absolute atomic E-state index is 9.49. The van der Waals surface area contributed by atoms with E-state index in [1.807, 2.05) is 18.2 Å². The number of aliphatic hydroxyl groups excluding tert-OH is 1. The zero-order chi connectivity index (χ0) is 9.90. The van der Waals surface area contributed by atoms with Gasteiger partial charge in [-0.05, 0) is 18.1 Å². The summed E-state index contributed by atoms with van der Waals surface area (Å²) in [6.45, 7) is 6.39. The fraction of sp³-hybridized carbons (Fsp3) is 0.417. The molecule has 1 rings (SSSR count). The molecule has 0 spiro atoms. The number of aliphatic hydroxyl groups is 1. The van der Waals surface area contributed by atoms with E-state index in [2.05, 4.69) is 32.6 Å². The molecule has 0 heterocycles. The fourth-order valence-electron chi connectivity index (χ4n) is 1.21. The van der Waals surface area contributed by atoms with Gasteiger partial charge in [0.25, 0.3) is 0 Å². The first-order valence-electron chi connectivity index (χ1n) is 4.57. The van der Waals surface area contributed by atoms with Gasteiger partial charge in [0, 0.05) is 11.5 Å². The Morgan fingerprint density at radius 2 is 2.15 bits per heavy atom. The molecule has 0 saturated carbocycles. The molecule has 0 aromatic rings. The lowest BCUT2D eigenvalue weighted by Crippen LogP contribution is -2.18. The van der Waals surface area contributed by atoms with Crippen molar-refractivity contribution in [3.8, 4) is 0 Å². The highest BCUT2D eigenvalue weighted by Crippen LogP contribution is 2.31. The molecule has 1 aliphatic rings. The van der Waals surface area contributed by atoms with Gasteiger partial charge in [0.1, 0.15) is 5.76 Å². The zero-order valence-electron chi connectivity index (χ0n) is 8.41. The number of rotatable bonds is 1. The van der Waals surface area contributed by atoms with Gasteiger partial charge >= 0.3 is 0 Å². The average Bonchev–Trinajstić information content (AvgIpc) is 2.00. The molecule has 0 aromatic carbocycles. The largest absolute Gasteiger partial charge is 0.508 e. The summed E-state index contributed by atoms with van der Waals surface area (Å²) in [5, 5.41) is 9.49. The Hall–Kier alpha value is -1.20. The molecule has 0 radical (unpaired) electrons. The summed E-state index contributed by atoms with van der Waals surface area (Å²) in [6, 6.07) is 0. The molecular weight excluding hydrogens is 160 g/mol. The second kappa shape index (κ2) is 3.68. The number of hydrogen-bond donors (Lipinski definition) is 1. The van der Waals surface area contributed by atoms with Crippen LogP contribution in [0.5, 0.6) is 0 Å². The second-order valence-electron chi connectivity index (χ2n) is 3.93. The highest BCUT2D eigenvalue weighted by Gasteiger charge is 2.23. The fourth-order valence-corrected chi connectivity index (χ4v) is 1.21. The highest BCUT2D eigenvalue weighted by atomic mass is 16.3. The van der Waals surface area contributed by atoms with Crippen molar-refractivity contribution in [3.05, 3.63) is 41.9 Å². The van der Waals surface area contributed by atoms with Crippen LogP contribution in [0.3, 0.4) is 0 Å². The minimum Gasteiger partial charge on any atom is -0.508 e. The van der Waals surface area contributed by atoms with Crippen LogP contribution in [0, 0.1) is 11.3 Å². The van der Waals surface area contributed by atoms with Crippen molar-refractivity contribution in [3.63, 3.8) is 0 Å². The maximum Gasteiger partial charge on any atom is 0.120 e. The van der Waals surface area contributed by atoms with Gasteiger partial charge in [0.15, 0.2) is 0 Å². The Kier molecular flexibility index (Phi) is 2.79. The van der Waals surface area contributed by atoms with Crippen LogP contribution in [-0.4, -0.2) is 5.11 Å². The Morgan fingerprint density at radius 1 is 1.46 bits per heavy atom. The van der Waals surface area contributed by atoms with Crippen molar-refractivity contribution in [1.29, 1.82) is 0 Å². The molecule has 0 fully saturated rings. The van der Waals surface area contributed by atoms with Crippen LogP contribution in [-0.2, 0) is 0 Å².